The van der Waals surface area contributed by atoms with Crippen LogP contribution >= 0.6 is 0 Å². The summed E-state index contributed by atoms with van der Waals surface area (Å²) in [5.74, 6) is -0.102. The Bertz CT molecular complexity index is 980. The standard InChI is InChI=1S/C22H25N3O3/c1-2-20-19-11-7-6-8-16(19)12-13-24(20)14-18(26)15-25-21(23-28-22(25)27)17-9-4-3-5-10-17/h3-11,18,20,26H,2,12-15H2,1H3. The van der Waals surface area contributed by atoms with Gasteiger partial charge in [-0.1, -0.05) is 66.7 Å². The second kappa shape index (κ2) is 8.12. The van der Waals surface area contributed by atoms with E-state index in [-0.39, 0.29) is 12.6 Å². The number of fused-ring (bicyclic) bond motifs is 1. The molecule has 2 atom stereocenters. The lowest BCUT2D eigenvalue weighted by Crippen LogP contribution is -2.42. The molecule has 0 bridgehead atoms. The van der Waals surface area contributed by atoms with Gasteiger partial charge in [0.2, 0.25) is 0 Å². The zero-order valence-electron chi connectivity index (χ0n) is 16.0. The molecule has 6 nitrogen and oxygen atoms in total. The van der Waals surface area contributed by atoms with Gasteiger partial charge in [-0.2, -0.15) is 0 Å². The highest BCUT2D eigenvalue weighted by molar-refractivity contribution is 5.54. The summed E-state index contributed by atoms with van der Waals surface area (Å²) >= 11 is 0. The number of rotatable bonds is 6. The van der Waals surface area contributed by atoms with Crippen LogP contribution in [0, 0.1) is 0 Å². The van der Waals surface area contributed by atoms with Crippen LogP contribution in [0.25, 0.3) is 11.4 Å². The number of benzene rings is 2. The van der Waals surface area contributed by atoms with Crippen molar-refractivity contribution in [3.05, 3.63) is 76.3 Å². The molecule has 146 valence electrons. The Morgan fingerprint density at radius 3 is 2.68 bits per heavy atom. The van der Waals surface area contributed by atoms with E-state index in [9.17, 15) is 9.90 Å². The van der Waals surface area contributed by atoms with E-state index < -0.39 is 11.9 Å². The predicted octanol–water partition coefficient (Wildman–Crippen LogP) is 2.87. The third kappa shape index (κ3) is 3.66. The van der Waals surface area contributed by atoms with Crippen LogP contribution in [0.1, 0.15) is 30.5 Å². The summed E-state index contributed by atoms with van der Waals surface area (Å²) in [6.45, 7) is 3.72. The smallest absolute Gasteiger partial charge is 0.390 e. The molecule has 1 aromatic heterocycles. The molecule has 2 heterocycles. The zero-order chi connectivity index (χ0) is 19.5. The molecule has 6 heteroatoms. The minimum Gasteiger partial charge on any atom is -0.390 e. The molecule has 4 rings (SSSR count). The maximum atomic E-state index is 12.1. The average Bonchev–Trinajstić information content (AvgIpc) is 3.08. The lowest BCUT2D eigenvalue weighted by Gasteiger charge is -2.38. The Labute approximate surface area is 164 Å². The van der Waals surface area contributed by atoms with E-state index >= 15 is 0 Å². The van der Waals surface area contributed by atoms with Crippen molar-refractivity contribution in [3.8, 4) is 11.4 Å². The third-order valence-electron chi connectivity index (χ3n) is 5.47. The van der Waals surface area contributed by atoms with Gasteiger partial charge in [-0.3, -0.25) is 14.0 Å². The normalized spacial score (nSPS) is 18.0. The summed E-state index contributed by atoms with van der Waals surface area (Å²) in [5, 5.41) is 14.7. The second-order valence-corrected chi connectivity index (χ2v) is 7.27. The first kappa shape index (κ1) is 18.7. The van der Waals surface area contributed by atoms with E-state index in [0.717, 1.165) is 24.9 Å². The number of aliphatic hydroxyl groups is 1. The van der Waals surface area contributed by atoms with Gasteiger partial charge in [0.05, 0.1) is 12.6 Å². The van der Waals surface area contributed by atoms with E-state index in [2.05, 4.69) is 41.2 Å². The molecular weight excluding hydrogens is 354 g/mol. The molecule has 1 aliphatic heterocycles. The molecule has 28 heavy (non-hydrogen) atoms. The van der Waals surface area contributed by atoms with Crippen molar-refractivity contribution in [2.45, 2.75) is 38.5 Å². The Kier molecular flexibility index (Phi) is 5.41. The number of hydrogen-bond donors (Lipinski definition) is 1. The average molecular weight is 379 g/mol. The maximum Gasteiger partial charge on any atom is 0.441 e. The van der Waals surface area contributed by atoms with Crippen molar-refractivity contribution in [2.24, 2.45) is 0 Å². The van der Waals surface area contributed by atoms with Crippen molar-refractivity contribution < 1.29 is 9.63 Å². The van der Waals surface area contributed by atoms with E-state index in [1.807, 2.05) is 30.3 Å². The zero-order valence-corrected chi connectivity index (χ0v) is 16.0. The van der Waals surface area contributed by atoms with E-state index in [0.29, 0.717) is 12.4 Å². The summed E-state index contributed by atoms with van der Waals surface area (Å²) in [4.78, 5) is 14.4. The molecule has 1 aliphatic rings. The van der Waals surface area contributed by atoms with Crippen molar-refractivity contribution in [2.75, 3.05) is 13.1 Å². The lowest BCUT2D eigenvalue weighted by molar-refractivity contribution is 0.0682. The molecule has 3 aromatic rings. The molecule has 2 unspecified atom stereocenters. The Morgan fingerprint density at radius 2 is 1.89 bits per heavy atom. The van der Waals surface area contributed by atoms with Crippen LogP contribution in [0.15, 0.2) is 63.9 Å². The van der Waals surface area contributed by atoms with Gasteiger partial charge in [-0.05, 0) is 24.0 Å². The second-order valence-electron chi connectivity index (χ2n) is 7.27. The molecule has 0 aliphatic carbocycles. The van der Waals surface area contributed by atoms with Crippen LogP contribution in [-0.2, 0) is 13.0 Å². The fourth-order valence-electron chi connectivity index (χ4n) is 4.16. The number of aliphatic hydroxyl groups excluding tert-OH is 1. The van der Waals surface area contributed by atoms with Crippen LogP contribution in [0.4, 0.5) is 0 Å². The van der Waals surface area contributed by atoms with Crippen molar-refractivity contribution in [3.63, 3.8) is 0 Å². The Balaban J connectivity index is 1.51. The summed E-state index contributed by atoms with van der Waals surface area (Å²) in [6.07, 6.45) is 1.26. The summed E-state index contributed by atoms with van der Waals surface area (Å²) in [5.41, 5.74) is 3.52. The first-order valence-corrected chi connectivity index (χ1v) is 9.79. The van der Waals surface area contributed by atoms with Gasteiger partial charge < -0.3 is 5.11 Å². The predicted molar refractivity (Wildman–Crippen MR) is 107 cm³/mol. The van der Waals surface area contributed by atoms with Gasteiger partial charge in [0.15, 0.2) is 5.82 Å². The van der Waals surface area contributed by atoms with Gasteiger partial charge in [-0.15, -0.1) is 0 Å². The SMILES string of the molecule is CCC1c2ccccc2CCN1CC(O)Cn1c(-c2ccccc2)noc1=O. The topological polar surface area (TPSA) is 71.5 Å². The van der Waals surface area contributed by atoms with Crippen molar-refractivity contribution in [1.82, 2.24) is 14.6 Å². The van der Waals surface area contributed by atoms with E-state index in [1.165, 1.54) is 15.7 Å². The maximum absolute atomic E-state index is 12.1. The fourth-order valence-corrected chi connectivity index (χ4v) is 4.16. The molecule has 2 aromatic carbocycles. The molecule has 0 spiro atoms. The van der Waals surface area contributed by atoms with Gasteiger partial charge in [-0.25, -0.2) is 4.79 Å². The van der Waals surface area contributed by atoms with Gasteiger partial charge in [0.1, 0.15) is 0 Å². The summed E-state index contributed by atoms with van der Waals surface area (Å²) in [6, 6.07) is 18.2. The molecular formula is C22H25N3O3. The van der Waals surface area contributed by atoms with Gasteiger partial charge in [0.25, 0.3) is 0 Å². The van der Waals surface area contributed by atoms with Crippen LogP contribution in [0.3, 0.4) is 0 Å². The fraction of sp³-hybridized carbons (Fsp3) is 0.364. The van der Waals surface area contributed by atoms with Crippen LogP contribution in [-0.4, -0.2) is 38.9 Å². The Morgan fingerprint density at radius 1 is 1.14 bits per heavy atom. The molecule has 0 saturated carbocycles. The number of hydrogen-bond acceptors (Lipinski definition) is 5. The molecule has 0 amide bonds. The highest BCUT2D eigenvalue weighted by Gasteiger charge is 2.28. The van der Waals surface area contributed by atoms with Gasteiger partial charge in [0, 0.05) is 24.7 Å². The van der Waals surface area contributed by atoms with E-state index in [1.54, 1.807) is 0 Å². The highest BCUT2D eigenvalue weighted by Crippen LogP contribution is 2.32. The number of β-amino-alcohol motifs (C(OH)–C–C–N with tert-alkyl or cyclic N) is 1. The first-order valence-electron chi connectivity index (χ1n) is 9.79. The van der Waals surface area contributed by atoms with E-state index in [4.69, 9.17) is 4.52 Å². The highest BCUT2D eigenvalue weighted by atomic mass is 16.5. The minimum atomic E-state index is -0.695. The summed E-state index contributed by atoms with van der Waals surface area (Å²) < 4.78 is 6.28. The number of aromatic nitrogens is 2. The van der Waals surface area contributed by atoms with Crippen molar-refractivity contribution in [1.29, 1.82) is 0 Å². The first-order chi connectivity index (χ1) is 13.7. The third-order valence-corrected chi connectivity index (χ3v) is 5.47. The molecule has 0 radical (unpaired) electrons. The molecule has 0 saturated heterocycles. The number of nitrogens with zero attached hydrogens (tertiary/aromatic N) is 3. The van der Waals surface area contributed by atoms with Crippen LogP contribution in [0.5, 0.6) is 0 Å². The quantitative estimate of drug-likeness (QED) is 0.713. The molecule has 1 N–H and O–H groups in total. The Hall–Kier alpha value is -2.70. The van der Waals surface area contributed by atoms with Crippen LogP contribution < -0.4 is 5.76 Å². The van der Waals surface area contributed by atoms with Crippen molar-refractivity contribution >= 4 is 0 Å². The monoisotopic (exact) mass is 379 g/mol. The largest absolute Gasteiger partial charge is 0.441 e. The minimum absolute atomic E-state index is 0.154. The van der Waals surface area contributed by atoms with Gasteiger partial charge >= 0.3 is 5.76 Å². The lowest BCUT2D eigenvalue weighted by atomic mass is 9.91. The molecule has 0 fully saturated rings. The summed E-state index contributed by atoms with van der Waals surface area (Å²) in [7, 11) is 0. The van der Waals surface area contributed by atoms with Crippen LogP contribution in [0.2, 0.25) is 0 Å².